The summed E-state index contributed by atoms with van der Waals surface area (Å²) in [5.41, 5.74) is 21.3. The number of hydrogen-bond donors (Lipinski definition) is 2. The molecular weight excluding hydrogens is 348 g/mol. The molecule has 0 saturated heterocycles. The van der Waals surface area contributed by atoms with Gasteiger partial charge in [0.2, 0.25) is 0 Å². The lowest BCUT2D eigenvalue weighted by Gasteiger charge is -2.23. The monoisotopic (exact) mass is 384 g/mol. The van der Waals surface area contributed by atoms with Crippen LogP contribution in [0.25, 0.3) is 20.9 Å². The zero-order valence-electron chi connectivity index (χ0n) is 17.7. The third kappa shape index (κ3) is 21.8. The van der Waals surface area contributed by atoms with Crippen molar-refractivity contribution in [1.82, 2.24) is 5.32 Å². The molecule has 0 aromatic rings. The van der Waals surface area contributed by atoms with Gasteiger partial charge in [-0.05, 0) is 56.5 Å². The number of carbonyl (C=O) groups excluding carboxylic acids is 1. The van der Waals surface area contributed by atoms with Gasteiger partial charge in [0, 0.05) is 35.0 Å². The summed E-state index contributed by atoms with van der Waals surface area (Å²) in [6.07, 6.45) is 1.19. The topological polar surface area (TPSA) is 162 Å². The lowest BCUT2D eigenvalue weighted by atomic mass is 10.0. The second kappa shape index (κ2) is 15.0. The quantitative estimate of drug-likeness (QED) is 0.328. The fourth-order valence-electron chi connectivity index (χ4n) is 2.18. The lowest BCUT2D eigenvalue weighted by Crippen LogP contribution is -2.41. The van der Waals surface area contributed by atoms with E-state index in [4.69, 9.17) is 21.5 Å². The Balaban J connectivity index is 0. The van der Waals surface area contributed by atoms with Crippen LogP contribution in [-0.2, 0) is 4.74 Å². The van der Waals surface area contributed by atoms with Crippen molar-refractivity contribution in [2.45, 2.75) is 79.0 Å². The van der Waals surface area contributed by atoms with Gasteiger partial charge in [0.15, 0.2) is 0 Å². The van der Waals surface area contributed by atoms with Crippen LogP contribution in [0.4, 0.5) is 4.79 Å². The summed E-state index contributed by atoms with van der Waals surface area (Å²) in [6, 6.07) is -0.156. The fraction of sp³-hybridized carbons (Fsp3) is 0.941. The van der Waals surface area contributed by atoms with Crippen molar-refractivity contribution in [3.8, 4) is 0 Å². The molecule has 0 fully saturated rings. The Bertz CT molecular complexity index is 504. The number of amides is 1. The molecule has 0 saturated carbocycles. The van der Waals surface area contributed by atoms with Crippen LogP contribution in [0.5, 0.6) is 0 Å². The molecule has 0 aromatic heterocycles. The van der Waals surface area contributed by atoms with E-state index >= 15 is 0 Å². The molecule has 0 bridgehead atoms. The number of alkyl carbamates (subject to hydrolysis) is 1. The van der Waals surface area contributed by atoms with Crippen LogP contribution in [0.1, 0.15) is 61.3 Å². The molecule has 1 amide bonds. The standard InChI is InChI=1S/C11H22N4O2.C6H14N4/c1-8(2)6-9(7-13-15-12)14-10(16)17-11(3,4)5;1-5(2)3-6(7)4-9-10-8/h8-9H,6-7H2,1-5H3,(H,14,16);5-6H,3-4,7H2,1-2H3/t9-;6-/m00/s1. The number of nitrogens with zero attached hydrogens (tertiary/aromatic N) is 6. The van der Waals surface area contributed by atoms with Gasteiger partial charge in [-0.25, -0.2) is 4.79 Å². The summed E-state index contributed by atoms with van der Waals surface area (Å²) in [4.78, 5) is 16.9. The first kappa shape index (κ1) is 27.1. The smallest absolute Gasteiger partial charge is 0.407 e. The van der Waals surface area contributed by atoms with E-state index in [-0.39, 0.29) is 18.6 Å². The fourth-order valence-corrected chi connectivity index (χ4v) is 2.18. The molecule has 3 N–H and O–H groups in total. The zero-order chi connectivity index (χ0) is 21.5. The van der Waals surface area contributed by atoms with Crippen LogP contribution < -0.4 is 11.1 Å². The molecule has 10 heteroatoms. The molecule has 0 aliphatic rings. The molecule has 2 atom stereocenters. The van der Waals surface area contributed by atoms with Gasteiger partial charge in [-0.1, -0.05) is 37.9 Å². The summed E-state index contributed by atoms with van der Waals surface area (Å²) < 4.78 is 5.14. The Hall–Kier alpha value is -2.15. The number of carbonyl (C=O) groups is 1. The van der Waals surface area contributed by atoms with Crippen molar-refractivity contribution in [1.29, 1.82) is 0 Å². The van der Waals surface area contributed by atoms with E-state index < -0.39 is 11.7 Å². The third-order valence-corrected chi connectivity index (χ3v) is 3.00. The molecule has 10 nitrogen and oxygen atoms in total. The number of nitrogens with two attached hydrogens (primary N) is 1. The van der Waals surface area contributed by atoms with Crippen LogP contribution in [-0.4, -0.2) is 36.9 Å². The maximum atomic E-state index is 11.5. The van der Waals surface area contributed by atoms with E-state index in [1.165, 1.54) is 0 Å². The van der Waals surface area contributed by atoms with Crippen molar-refractivity contribution in [2.24, 2.45) is 27.8 Å². The third-order valence-electron chi connectivity index (χ3n) is 3.00. The normalized spacial score (nSPS) is 12.8. The predicted octanol–water partition coefficient (Wildman–Crippen LogP) is 4.91. The van der Waals surface area contributed by atoms with Crippen LogP contribution >= 0.6 is 0 Å². The predicted molar refractivity (Wildman–Crippen MR) is 108 cm³/mol. The number of ether oxygens (including phenoxy) is 1. The maximum absolute atomic E-state index is 11.5. The minimum Gasteiger partial charge on any atom is -0.444 e. The number of rotatable bonds is 9. The first-order chi connectivity index (χ1) is 12.4. The lowest BCUT2D eigenvalue weighted by molar-refractivity contribution is 0.0501. The molecule has 0 aliphatic heterocycles. The molecule has 27 heavy (non-hydrogen) atoms. The van der Waals surface area contributed by atoms with Gasteiger partial charge in [0.05, 0.1) is 0 Å². The van der Waals surface area contributed by atoms with Crippen molar-refractivity contribution < 1.29 is 9.53 Å². The number of hydrogen-bond acceptors (Lipinski definition) is 5. The molecule has 0 radical (unpaired) electrons. The minimum atomic E-state index is -0.523. The zero-order valence-corrected chi connectivity index (χ0v) is 17.7. The van der Waals surface area contributed by atoms with E-state index in [9.17, 15) is 4.79 Å². The molecule has 0 heterocycles. The van der Waals surface area contributed by atoms with Gasteiger partial charge < -0.3 is 15.8 Å². The van der Waals surface area contributed by atoms with E-state index in [1.54, 1.807) is 20.8 Å². The van der Waals surface area contributed by atoms with Crippen molar-refractivity contribution in [3.63, 3.8) is 0 Å². The van der Waals surface area contributed by atoms with Gasteiger partial charge in [-0.3, -0.25) is 0 Å². The molecule has 0 spiro atoms. The highest BCUT2D eigenvalue weighted by atomic mass is 16.6. The van der Waals surface area contributed by atoms with Crippen molar-refractivity contribution in [2.75, 3.05) is 13.1 Å². The molecule has 0 aromatic carbocycles. The second-order valence-electron chi connectivity index (χ2n) is 8.19. The molecule has 156 valence electrons. The SMILES string of the molecule is CC(C)C[C@@H](CN=[N+]=[N-])NC(=O)OC(C)(C)C.CC(C)C[C@H](N)CN=[N+]=[N-]. The van der Waals surface area contributed by atoms with Crippen LogP contribution in [0, 0.1) is 11.8 Å². The number of nitrogens with one attached hydrogen (secondary N) is 1. The second-order valence-corrected chi connectivity index (χ2v) is 8.19. The first-order valence-electron chi connectivity index (χ1n) is 9.18. The van der Waals surface area contributed by atoms with Crippen LogP contribution in [0.3, 0.4) is 0 Å². The van der Waals surface area contributed by atoms with Gasteiger partial charge in [0.25, 0.3) is 0 Å². The summed E-state index contributed by atoms with van der Waals surface area (Å²) >= 11 is 0. The van der Waals surface area contributed by atoms with Gasteiger partial charge >= 0.3 is 6.09 Å². The highest BCUT2D eigenvalue weighted by Gasteiger charge is 2.19. The molecule has 0 rings (SSSR count). The van der Waals surface area contributed by atoms with Crippen molar-refractivity contribution >= 4 is 6.09 Å². The van der Waals surface area contributed by atoms with E-state index in [0.717, 1.165) is 12.8 Å². The largest absolute Gasteiger partial charge is 0.444 e. The Labute approximate surface area is 162 Å². The Morgan fingerprint density at radius 1 is 1.04 bits per heavy atom. The van der Waals surface area contributed by atoms with Crippen LogP contribution in [0.2, 0.25) is 0 Å². The Morgan fingerprint density at radius 3 is 1.93 bits per heavy atom. The molecule has 0 aliphatic carbocycles. The van der Waals surface area contributed by atoms with E-state index in [1.807, 2.05) is 13.8 Å². The van der Waals surface area contributed by atoms with Crippen LogP contribution in [0.15, 0.2) is 10.2 Å². The van der Waals surface area contributed by atoms with E-state index in [2.05, 4.69) is 39.2 Å². The van der Waals surface area contributed by atoms with Gasteiger partial charge in [-0.2, -0.15) is 0 Å². The Kier molecular flexibility index (Phi) is 15.0. The first-order valence-corrected chi connectivity index (χ1v) is 9.18. The number of azide groups is 2. The summed E-state index contributed by atoms with van der Waals surface area (Å²) in [5, 5.41) is 9.58. The summed E-state index contributed by atoms with van der Waals surface area (Å²) in [5.74, 6) is 0.979. The minimum absolute atomic E-state index is 0.0240. The highest BCUT2D eigenvalue weighted by molar-refractivity contribution is 5.68. The molecular formula is C17H36N8O2. The molecule has 0 unspecified atom stereocenters. The maximum Gasteiger partial charge on any atom is 0.407 e. The average Bonchev–Trinajstić information content (AvgIpc) is 2.48. The van der Waals surface area contributed by atoms with Gasteiger partial charge in [-0.15, -0.1) is 0 Å². The highest BCUT2D eigenvalue weighted by Crippen LogP contribution is 2.09. The summed E-state index contributed by atoms with van der Waals surface area (Å²) in [6.45, 7) is 14.3. The summed E-state index contributed by atoms with van der Waals surface area (Å²) in [7, 11) is 0. The van der Waals surface area contributed by atoms with E-state index in [0.29, 0.717) is 18.4 Å². The Morgan fingerprint density at radius 2 is 1.52 bits per heavy atom. The average molecular weight is 385 g/mol. The van der Waals surface area contributed by atoms with Crippen molar-refractivity contribution in [3.05, 3.63) is 20.9 Å². The van der Waals surface area contributed by atoms with Gasteiger partial charge in [0.1, 0.15) is 5.60 Å².